The van der Waals surface area contributed by atoms with Crippen molar-refractivity contribution in [2.45, 2.75) is 26.9 Å². The van der Waals surface area contributed by atoms with E-state index >= 15 is 0 Å². The van der Waals surface area contributed by atoms with Gasteiger partial charge in [0.05, 0.1) is 0 Å². The smallest absolute Gasteiger partial charge is 0.258 e. The van der Waals surface area contributed by atoms with Crippen LogP contribution in [-0.4, -0.2) is 25.6 Å². The summed E-state index contributed by atoms with van der Waals surface area (Å²) in [6.45, 7) is 4.42. The molecular weight excluding hydrogens is 385 g/mol. The molecule has 0 radical (unpaired) electrons. The van der Waals surface area contributed by atoms with E-state index in [1.807, 2.05) is 31.2 Å². The Morgan fingerprint density at radius 1 is 1.13 bits per heavy atom. The Morgan fingerprint density at radius 3 is 2.70 bits per heavy atom. The van der Waals surface area contributed by atoms with Gasteiger partial charge in [0.15, 0.2) is 0 Å². The first-order valence-electron chi connectivity index (χ1n) is 9.44. The number of carbonyl (C=O) groups excluding carboxylic acids is 1. The van der Waals surface area contributed by atoms with Gasteiger partial charge in [-0.15, -0.1) is 0 Å². The first-order chi connectivity index (χ1) is 14.5. The predicted molar refractivity (Wildman–Crippen MR) is 109 cm³/mol. The molecule has 0 spiro atoms. The monoisotopic (exact) mass is 405 g/mol. The van der Waals surface area contributed by atoms with E-state index in [9.17, 15) is 9.18 Å². The predicted octanol–water partition coefficient (Wildman–Crippen LogP) is 3.67. The summed E-state index contributed by atoms with van der Waals surface area (Å²) in [5.74, 6) is 0.769. The van der Waals surface area contributed by atoms with E-state index in [1.54, 1.807) is 29.8 Å². The fraction of sp³-hybridized carbons (Fsp3) is 0.182. The number of aromatic nitrogens is 4. The van der Waals surface area contributed by atoms with Crippen LogP contribution in [0.1, 0.15) is 17.0 Å². The van der Waals surface area contributed by atoms with Crippen molar-refractivity contribution in [2.75, 3.05) is 0 Å². The Labute approximate surface area is 172 Å². The number of hydrogen-bond acceptors (Lipinski definition) is 5. The van der Waals surface area contributed by atoms with E-state index in [2.05, 4.69) is 20.4 Å². The van der Waals surface area contributed by atoms with Crippen molar-refractivity contribution >= 4 is 5.91 Å². The maximum absolute atomic E-state index is 13.1. The molecule has 30 heavy (non-hydrogen) atoms. The van der Waals surface area contributed by atoms with Crippen LogP contribution in [0.15, 0.2) is 59.3 Å². The quantitative estimate of drug-likeness (QED) is 0.529. The van der Waals surface area contributed by atoms with Gasteiger partial charge in [0.25, 0.3) is 5.89 Å². The molecule has 1 N–H and O–H groups in total. The van der Waals surface area contributed by atoms with E-state index in [0.717, 1.165) is 11.1 Å². The zero-order valence-corrected chi connectivity index (χ0v) is 16.6. The molecule has 4 aromatic rings. The van der Waals surface area contributed by atoms with Crippen molar-refractivity contribution in [1.82, 2.24) is 25.0 Å². The van der Waals surface area contributed by atoms with Crippen LogP contribution in [0.4, 0.5) is 4.39 Å². The summed E-state index contributed by atoms with van der Waals surface area (Å²) in [6, 6.07) is 13.8. The summed E-state index contributed by atoms with van der Waals surface area (Å²) in [7, 11) is 0. The lowest BCUT2D eigenvalue weighted by Crippen LogP contribution is -2.27. The fourth-order valence-corrected chi connectivity index (χ4v) is 3.05. The molecule has 2 aromatic carbocycles. The van der Waals surface area contributed by atoms with E-state index < -0.39 is 0 Å². The lowest BCUT2D eigenvalue weighted by molar-refractivity contribution is -0.121. The lowest BCUT2D eigenvalue weighted by Gasteiger charge is -2.07. The highest BCUT2D eigenvalue weighted by molar-refractivity contribution is 5.76. The molecule has 0 bridgehead atoms. The van der Waals surface area contributed by atoms with Gasteiger partial charge in [-0.1, -0.05) is 35.0 Å². The number of halogens is 1. The molecule has 7 nitrogen and oxygen atoms in total. The van der Waals surface area contributed by atoms with Crippen LogP contribution in [0.2, 0.25) is 0 Å². The minimum absolute atomic E-state index is 0.122. The standard InChI is InChI=1S/C22H20FN5O2/c1-14-4-3-5-16(10-14)11-24-20(29)13-28-12-19(25-15(28)2)21-26-22(30-27-21)17-6-8-18(23)9-7-17/h3-10,12H,11,13H2,1-2H3,(H,24,29). The topological polar surface area (TPSA) is 85.8 Å². The molecule has 152 valence electrons. The molecule has 2 heterocycles. The molecule has 0 saturated carbocycles. The van der Waals surface area contributed by atoms with Gasteiger partial charge in [0.1, 0.15) is 23.9 Å². The highest BCUT2D eigenvalue weighted by Crippen LogP contribution is 2.22. The lowest BCUT2D eigenvalue weighted by atomic mass is 10.1. The third-order valence-corrected chi connectivity index (χ3v) is 4.61. The van der Waals surface area contributed by atoms with E-state index in [4.69, 9.17) is 4.52 Å². The first-order valence-corrected chi connectivity index (χ1v) is 9.44. The SMILES string of the molecule is Cc1cccc(CNC(=O)Cn2cc(-c3noc(-c4ccc(F)cc4)n3)nc2C)c1. The Kier molecular flexibility index (Phi) is 5.38. The summed E-state index contributed by atoms with van der Waals surface area (Å²) in [6.07, 6.45) is 1.71. The molecule has 0 unspecified atom stereocenters. The molecule has 8 heteroatoms. The van der Waals surface area contributed by atoms with Gasteiger partial charge in [-0.3, -0.25) is 4.79 Å². The molecule has 0 fully saturated rings. The number of amides is 1. The van der Waals surface area contributed by atoms with Crippen LogP contribution < -0.4 is 5.32 Å². The van der Waals surface area contributed by atoms with Crippen molar-refractivity contribution in [3.05, 3.63) is 77.5 Å². The summed E-state index contributed by atoms with van der Waals surface area (Å²) in [4.78, 5) is 21.1. The van der Waals surface area contributed by atoms with Crippen molar-refractivity contribution in [3.63, 3.8) is 0 Å². The van der Waals surface area contributed by atoms with Gasteiger partial charge in [-0.2, -0.15) is 4.98 Å². The fourth-order valence-electron chi connectivity index (χ4n) is 3.05. The van der Waals surface area contributed by atoms with E-state index in [1.165, 1.54) is 12.1 Å². The van der Waals surface area contributed by atoms with Gasteiger partial charge >= 0.3 is 0 Å². The molecule has 4 rings (SSSR count). The van der Waals surface area contributed by atoms with Crippen LogP contribution in [0.3, 0.4) is 0 Å². The van der Waals surface area contributed by atoms with Gasteiger partial charge in [0.2, 0.25) is 11.7 Å². The zero-order valence-electron chi connectivity index (χ0n) is 16.6. The number of rotatable bonds is 6. The highest BCUT2D eigenvalue weighted by atomic mass is 19.1. The molecule has 0 aliphatic heterocycles. The number of nitrogens with one attached hydrogen (secondary N) is 1. The Morgan fingerprint density at radius 2 is 1.93 bits per heavy atom. The highest BCUT2D eigenvalue weighted by Gasteiger charge is 2.16. The largest absolute Gasteiger partial charge is 0.350 e. The molecule has 0 saturated heterocycles. The Balaban J connectivity index is 1.43. The molecule has 0 aliphatic carbocycles. The van der Waals surface area contributed by atoms with Crippen molar-refractivity contribution in [2.24, 2.45) is 0 Å². The minimum atomic E-state index is -0.339. The number of aryl methyl sites for hydroxylation is 2. The van der Waals surface area contributed by atoms with Gasteiger partial charge in [-0.05, 0) is 43.7 Å². The average Bonchev–Trinajstić information content (AvgIpc) is 3.35. The third kappa shape index (κ3) is 4.43. The molecule has 0 atom stereocenters. The first kappa shape index (κ1) is 19.5. The number of carbonyl (C=O) groups is 1. The van der Waals surface area contributed by atoms with E-state index in [-0.39, 0.29) is 24.2 Å². The summed E-state index contributed by atoms with van der Waals surface area (Å²) in [5, 5.41) is 6.86. The second kappa shape index (κ2) is 8.28. The van der Waals surface area contributed by atoms with Crippen molar-refractivity contribution in [1.29, 1.82) is 0 Å². The average molecular weight is 405 g/mol. The van der Waals surface area contributed by atoms with Gasteiger partial charge in [-0.25, -0.2) is 9.37 Å². The third-order valence-electron chi connectivity index (χ3n) is 4.61. The van der Waals surface area contributed by atoms with Crippen LogP contribution in [0.5, 0.6) is 0 Å². The number of hydrogen-bond donors (Lipinski definition) is 1. The minimum Gasteiger partial charge on any atom is -0.350 e. The van der Waals surface area contributed by atoms with E-state index in [0.29, 0.717) is 29.5 Å². The van der Waals surface area contributed by atoms with Gasteiger partial charge in [0, 0.05) is 18.3 Å². The van der Waals surface area contributed by atoms with Crippen molar-refractivity contribution < 1.29 is 13.7 Å². The maximum Gasteiger partial charge on any atom is 0.258 e. The number of imidazole rings is 1. The van der Waals surface area contributed by atoms with Crippen LogP contribution in [0.25, 0.3) is 23.0 Å². The second-order valence-corrected chi connectivity index (χ2v) is 7.00. The van der Waals surface area contributed by atoms with Crippen LogP contribution in [0, 0.1) is 19.7 Å². The molecule has 1 amide bonds. The maximum atomic E-state index is 13.1. The molecular formula is C22H20FN5O2. The summed E-state index contributed by atoms with van der Waals surface area (Å²) < 4.78 is 20.1. The number of benzene rings is 2. The zero-order chi connectivity index (χ0) is 21.1. The van der Waals surface area contributed by atoms with Crippen LogP contribution >= 0.6 is 0 Å². The molecule has 2 aromatic heterocycles. The molecule has 0 aliphatic rings. The second-order valence-electron chi connectivity index (χ2n) is 7.00. The summed E-state index contributed by atoms with van der Waals surface area (Å²) in [5.41, 5.74) is 3.31. The summed E-state index contributed by atoms with van der Waals surface area (Å²) >= 11 is 0. The normalized spacial score (nSPS) is 10.9. The Bertz CT molecular complexity index is 1180. The van der Waals surface area contributed by atoms with Crippen LogP contribution in [-0.2, 0) is 17.9 Å². The Hall–Kier alpha value is -3.81. The number of nitrogens with zero attached hydrogens (tertiary/aromatic N) is 4. The van der Waals surface area contributed by atoms with Gasteiger partial charge < -0.3 is 14.4 Å². The van der Waals surface area contributed by atoms with Crippen molar-refractivity contribution in [3.8, 4) is 23.0 Å².